The van der Waals surface area contributed by atoms with Gasteiger partial charge in [0.15, 0.2) is 0 Å². The third kappa shape index (κ3) is 5.06. The number of anilines is 1. The van der Waals surface area contributed by atoms with E-state index in [1.165, 1.54) is 18.2 Å². The molecular weight excluding hydrogens is 270 g/mol. The van der Waals surface area contributed by atoms with Crippen LogP contribution < -0.4 is 10.6 Å². The highest BCUT2D eigenvalue weighted by molar-refractivity contribution is 5.96. The highest BCUT2D eigenvalue weighted by Gasteiger charge is 2.17. The lowest BCUT2D eigenvalue weighted by atomic mass is 10.0. The zero-order chi connectivity index (χ0) is 16.0. The molecule has 2 N–H and O–H groups in total. The van der Waals surface area contributed by atoms with E-state index >= 15 is 0 Å². The van der Waals surface area contributed by atoms with Gasteiger partial charge in [-0.15, -0.1) is 0 Å². The van der Waals surface area contributed by atoms with Crippen molar-refractivity contribution >= 4 is 17.3 Å². The summed E-state index contributed by atoms with van der Waals surface area (Å²) < 4.78 is 0. The first-order valence-electron chi connectivity index (χ1n) is 7.18. The zero-order valence-corrected chi connectivity index (χ0v) is 13.0. The monoisotopic (exact) mass is 293 g/mol. The molecule has 1 amide bonds. The van der Waals surface area contributed by atoms with E-state index in [1.807, 2.05) is 13.8 Å². The second-order valence-electron chi connectivity index (χ2n) is 5.52. The van der Waals surface area contributed by atoms with Crippen molar-refractivity contribution < 1.29 is 9.72 Å². The number of rotatable bonds is 7. The van der Waals surface area contributed by atoms with Gasteiger partial charge in [0, 0.05) is 24.2 Å². The zero-order valence-electron chi connectivity index (χ0n) is 13.0. The fraction of sp³-hybridized carbons (Fsp3) is 0.533. The number of amides is 1. The van der Waals surface area contributed by atoms with E-state index in [-0.39, 0.29) is 17.6 Å². The van der Waals surface area contributed by atoms with Gasteiger partial charge in [-0.05, 0) is 38.3 Å². The normalized spacial score (nSPS) is 12.0. The first-order valence-corrected chi connectivity index (χ1v) is 7.18. The second-order valence-corrected chi connectivity index (χ2v) is 5.52. The summed E-state index contributed by atoms with van der Waals surface area (Å²) in [6.07, 6.45) is 0.888. The van der Waals surface area contributed by atoms with Crippen molar-refractivity contribution in [2.75, 3.05) is 11.9 Å². The molecule has 0 spiro atoms. The topological polar surface area (TPSA) is 84.3 Å². The number of carbonyl (C=O) groups is 1. The Morgan fingerprint density at radius 2 is 2.00 bits per heavy atom. The summed E-state index contributed by atoms with van der Waals surface area (Å²) in [7, 11) is 0. The van der Waals surface area contributed by atoms with E-state index < -0.39 is 4.92 Å². The van der Waals surface area contributed by atoms with E-state index in [9.17, 15) is 14.9 Å². The number of nitrogens with zero attached hydrogens (tertiary/aromatic N) is 1. The average molecular weight is 293 g/mol. The third-order valence-electron chi connectivity index (χ3n) is 3.03. The molecule has 1 atom stereocenters. The quantitative estimate of drug-likeness (QED) is 0.597. The Bertz CT molecular complexity index is 515. The third-order valence-corrected chi connectivity index (χ3v) is 3.03. The number of hydrogen-bond donors (Lipinski definition) is 2. The van der Waals surface area contributed by atoms with E-state index in [0.29, 0.717) is 23.7 Å². The summed E-state index contributed by atoms with van der Waals surface area (Å²) in [5.74, 6) is 0.284. The van der Waals surface area contributed by atoms with Crippen molar-refractivity contribution in [2.24, 2.45) is 5.92 Å². The van der Waals surface area contributed by atoms with Gasteiger partial charge in [0.2, 0.25) is 0 Å². The number of hydrogen-bond acceptors (Lipinski definition) is 4. The number of nitro benzene ring substituents is 1. The molecule has 0 fully saturated rings. The SMILES string of the molecule is CCNc1cc(C(=O)NC(C)CC(C)C)ccc1[N+](=O)[O-]. The van der Waals surface area contributed by atoms with Crippen LogP contribution >= 0.6 is 0 Å². The summed E-state index contributed by atoms with van der Waals surface area (Å²) in [4.78, 5) is 22.6. The summed E-state index contributed by atoms with van der Waals surface area (Å²) in [5, 5.41) is 16.8. The fourth-order valence-electron chi connectivity index (χ4n) is 2.24. The molecule has 0 heterocycles. The van der Waals surface area contributed by atoms with E-state index in [2.05, 4.69) is 24.5 Å². The molecule has 116 valence electrons. The molecule has 0 bridgehead atoms. The first-order chi connectivity index (χ1) is 9.85. The minimum absolute atomic E-state index is 0.0244. The van der Waals surface area contributed by atoms with Crippen LogP contribution in [0.2, 0.25) is 0 Å². The van der Waals surface area contributed by atoms with Gasteiger partial charge in [0.05, 0.1) is 4.92 Å². The maximum Gasteiger partial charge on any atom is 0.292 e. The van der Waals surface area contributed by atoms with Gasteiger partial charge in [-0.3, -0.25) is 14.9 Å². The predicted octanol–water partition coefficient (Wildman–Crippen LogP) is 3.19. The molecule has 6 nitrogen and oxygen atoms in total. The minimum Gasteiger partial charge on any atom is -0.380 e. The summed E-state index contributed by atoms with van der Waals surface area (Å²) in [6.45, 7) is 8.54. The molecule has 6 heteroatoms. The molecule has 0 aliphatic carbocycles. The molecule has 0 saturated carbocycles. The standard InChI is InChI=1S/C15H23N3O3/c1-5-16-13-9-12(6-7-14(13)18(20)21)15(19)17-11(4)8-10(2)3/h6-7,9-11,16H,5,8H2,1-4H3,(H,17,19). The predicted molar refractivity (Wildman–Crippen MR) is 83.6 cm³/mol. The number of nitro groups is 1. The van der Waals surface area contributed by atoms with Gasteiger partial charge in [-0.25, -0.2) is 0 Å². The average Bonchev–Trinajstić information content (AvgIpc) is 2.37. The lowest BCUT2D eigenvalue weighted by Gasteiger charge is -2.16. The molecular formula is C15H23N3O3. The van der Waals surface area contributed by atoms with Crippen molar-refractivity contribution in [3.05, 3.63) is 33.9 Å². The molecule has 1 aromatic rings. The van der Waals surface area contributed by atoms with Crippen molar-refractivity contribution in [3.63, 3.8) is 0 Å². The lowest BCUT2D eigenvalue weighted by molar-refractivity contribution is -0.384. The van der Waals surface area contributed by atoms with Gasteiger partial charge < -0.3 is 10.6 Å². The van der Waals surface area contributed by atoms with Crippen molar-refractivity contribution in [3.8, 4) is 0 Å². The van der Waals surface area contributed by atoms with E-state index in [4.69, 9.17) is 0 Å². The largest absolute Gasteiger partial charge is 0.380 e. The molecule has 0 aliphatic rings. The number of nitrogens with one attached hydrogen (secondary N) is 2. The van der Waals surface area contributed by atoms with Gasteiger partial charge in [0.1, 0.15) is 5.69 Å². The molecule has 21 heavy (non-hydrogen) atoms. The Labute approximate surface area is 125 Å². The molecule has 0 radical (unpaired) electrons. The maximum absolute atomic E-state index is 12.2. The molecule has 1 aromatic carbocycles. The molecule has 1 rings (SSSR count). The van der Waals surface area contributed by atoms with Gasteiger partial charge in [-0.1, -0.05) is 13.8 Å². The van der Waals surface area contributed by atoms with E-state index in [0.717, 1.165) is 6.42 Å². The van der Waals surface area contributed by atoms with Crippen molar-refractivity contribution in [1.29, 1.82) is 0 Å². The van der Waals surface area contributed by atoms with E-state index in [1.54, 1.807) is 0 Å². The van der Waals surface area contributed by atoms with Crippen LogP contribution in [0, 0.1) is 16.0 Å². The Kier molecular flexibility index (Phi) is 6.14. The van der Waals surface area contributed by atoms with Gasteiger partial charge in [-0.2, -0.15) is 0 Å². The smallest absolute Gasteiger partial charge is 0.292 e. The minimum atomic E-state index is -0.457. The Morgan fingerprint density at radius 3 is 2.52 bits per heavy atom. The van der Waals surface area contributed by atoms with Gasteiger partial charge >= 0.3 is 0 Å². The summed E-state index contributed by atoms with van der Waals surface area (Å²) in [5.41, 5.74) is 0.766. The second kappa shape index (κ2) is 7.61. The first kappa shape index (κ1) is 16.9. The lowest BCUT2D eigenvalue weighted by Crippen LogP contribution is -2.33. The van der Waals surface area contributed by atoms with Crippen LogP contribution in [0.4, 0.5) is 11.4 Å². The van der Waals surface area contributed by atoms with Crippen LogP contribution in [0.1, 0.15) is 44.5 Å². The number of benzene rings is 1. The summed E-state index contributed by atoms with van der Waals surface area (Å²) >= 11 is 0. The Morgan fingerprint density at radius 1 is 1.33 bits per heavy atom. The Hall–Kier alpha value is -2.11. The van der Waals surface area contributed by atoms with Crippen molar-refractivity contribution in [1.82, 2.24) is 5.32 Å². The molecule has 0 aliphatic heterocycles. The van der Waals surface area contributed by atoms with Crippen LogP contribution in [-0.2, 0) is 0 Å². The Balaban J connectivity index is 2.90. The van der Waals surface area contributed by atoms with Crippen LogP contribution in [0.3, 0.4) is 0 Å². The molecule has 1 unspecified atom stereocenters. The van der Waals surface area contributed by atoms with Crippen LogP contribution in [-0.4, -0.2) is 23.4 Å². The molecule has 0 saturated heterocycles. The van der Waals surface area contributed by atoms with Crippen LogP contribution in [0.15, 0.2) is 18.2 Å². The van der Waals surface area contributed by atoms with Crippen LogP contribution in [0.25, 0.3) is 0 Å². The van der Waals surface area contributed by atoms with Crippen molar-refractivity contribution in [2.45, 2.75) is 40.2 Å². The highest BCUT2D eigenvalue weighted by atomic mass is 16.6. The maximum atomic E-state index is 12.2. The highest BCUT2D eigenvalue weighted by Crippen LogP contribution is 2.25. The van der Waals surface area contributed by atoms with Crippen LogP contribution in [0.5, 0.6) is 0 Å². The fourth-order valence-corrected chi connectivity index (χ4v) is 2.24. The summed E-state index contributed by atoms with van der Waals surface area (Å²) in [6, 6.07) is 4.44. The molecule has 0 aromatic heterocycles. The van der Waals surface area contributed by atoms with Gasteiger partial charge in [0.25, 0.3) is 11.6 Å². The number of carbonyl (C=O) groups excluding carboxylic acids is 1.